The first kappa shape index (κ1) is 9.20. The van der Waals surface area contributed by atoms with Gasteiger partial charge in [-0.05, 0) is 17.8 Å². The minimum atomic E-state index is 0.200. The molecule has 0 aliphatic carbocycles. The normalized spacial score (nSPS) is 12.2. The van der Waals surface area contributed by atoms with Crippen LogP contribution in [0, 0.1) is 0 Å². The summed E-state index contributed by atoms with van der Waals surface area (Å²) in [5.41, 5.74) is 1.20. The maximum Gasteiger partial charge on any atom is 0.166 e. The van der Waals surface area contributed by atoms with Gasteiger partial charge in [-0.3, -0.25) is 0 Å². The molecule has 0 spiro atoms. The first-order chi connectivity index (χ1) is 5.75. The van der Waals surface area contributed by atoms with Gasteiger partial charge in [-0.2, -0.15) is 0 Å². The standard InChI is InChI=1S/C10H12OS/c1-8(10(12)11-2)9-6-4-3-5-7-9/h3-8H,1-2H3/t8-/m0/s1. The van der Waals surface area contributed by atoms with E-state index < -0.39 is 0 Å². The third-order valence-electron chi connectivity index (χ3n) is 1.85. The van der Waals surface area contributed by atoms with Crippen molar-refractivity contribution in [2.45, 2.75) is 12.8 Å². The molecule has 0 fully saturated rings. The zero-order valence-electron chi connectivity index (χ0n) is 7.28. The molecular formula is C10H12OS. The number of ether oxygens (including phenoxy) is 1. The molecule has 64 valence electrons. The van der Waals surface area contributed by atoms with E-state index in [1.54, 1.807) is 7.11 Å². The van der Waals surface area contributed by atoms with Crippen molar-refractivity contribution in [2.24, 2.45) is 0 Å². The van der Waals surface area contributed by atoms with Gasteiger partial charge in [-0.25, -0.2) is 0 Å². The van der Waals surface area contributed by atoms with E-state index in [9.17, 15) is 0 Å². The number of benzene rings is 1. The van der Waals surface area contributed by atoms with Crippen molar-refractivity contribution in [1.82, 2.24) is 0 Å². The molecule has 12 heavy (non-hydrogen) atoms. The fraction of sp³-hybridized carbons (Fsp3) is 0.300. The molecule has 0 saturated carbocycles. The van der Waals surface area contributed by atoms with Crippen LogP contribution in [-0.4, -0.2) is 12.2 Å². The van der Waals surface area contributed by atoms with Crippen molar-refractivity contribution < 1.29 is 4.74 Å². The lowest BCUT2D eigenvalue weighted by Gasteiger charge is -2.11. The second kappa shape index (κ2) is 4.21. The molecule has 1 rings (SSSR count). The van der Waals surface area contributed by atoms with E-state index in [1.165, 1.54) is 5.56 Å². The molecule has 0 aliphatic rings. The van der Waals surface area contributed by atoms with Gasteiger partial charge in [0.1, 0.15) is 0 Å². The van der Waals surface area contributed by atoms with Crippen molar-refractivity contribution >= 4 is 17.3 Å². The molecule has 1 nitrogen and oxygen atoms in total. The Hall–Kier alpha value is -0.890. The summed E-state index contributed by atoms with van der Waals surface area (Å²) in [4.78, 5) is 0. The first-order valence-electron chi connectivity index (χ1n) is 3.88. The van der Waals surface area contributed by atoms with E-state index in [0.29, 0.717) is 5.05 Å². The second-order valence-corrected chi connectivity index (χ2v) is 3.06. The predicted molar refractivity (Wildman–Crippen MR) is 54.5 cm³/mol. The lowest BCUT2D eigenvalue weighted by Crippen LogP contribution is -2.07. The van der Waals surface area contributed by atoms with Gasteiger partial charge >= 0.3 is 0 Å². The molecule has 0 heterocycles. The van der Waals surface area contributed by atoms with E-state index in [4.69, 9.17) is 17.0 Å². The highest BCUT2D eigenvalue weighted by Gasteiger charge is 2.09. The third-order valence-corrected chi connectivity index (χ3v) is 2.37. The third kappa shape index (κ3) is 2.05. The Labute approximate surface area is 78.4 Å². The molecule has 0 aliphatic heterocycles. The summed E-state index contributed by atoms with van der Waals surface area (Å²) < 4.78 is 5.00. The van der Waals surface area contributed by atoms with Crippen molar-refractivity contribution in [3.63, 3.8) is 0 Å². The Morgan fingerprint density at radius 2 is 1.92 bits per heavy atom. The maximum atomic E-state index is 5.04. The average molecular weight is 180 g/mol. The highest BCUT2D eigenvalue weighted by Crippen LogP contribution is 2.16. The number of methoxy groups -OCH3 is 1. The Kier molecular flexibility index (Phi) is 3.23. The molecule has 0 radical (unpaired) electrons. The molecule has 1 aromatic carbocycles. The van der Waals surface area contributed by atoms with Crippen LogP contribution in [0.5, 0.6) is 0 Å². The average Bonchev–Trinajstić information content (AvgIpc) is 2.17. The smallest absolute Gasteiger partial charge is 0.166 e. The molecule has 2 heteroatoms. The minimum absolute atomic E-state index is 0.200. The number of thiocarbonyl (C=S) groups is 1. The van der Waals surface area contributed by atoms with Crippen molar-refractivity contribution in [2.75, 3.05) is 7.11 Å². The molecule has 0 aromatic heterocycles. The molecule has 0 bridgehead atoms. The fourth-order valence-corrected chi connectivity index (χ4v) is 1.19. The monoisotopic (exact) mass is 180 g/mol. The Bertz CT molecular complexity index is 256. The van der Waals surface area contributed by atoms with E-state index in [2.05, 4.69) is 12.1 Å². The number of rotatable bonds is 2. The number of hydrogen-bond donors (Lipinski definition) is 0. The largest absolute Gasteiger partial charge is 0.490 e. The van der Waals surface area contributed by atoms with E-state index in [-0.39, 0.29) is 5.92 Å². The lowest BCUT2D eigenvalue weighted by molar-refractivity contribution is 0.397. The van der Waals surface area contributed by atoms with Crippen LogP contribution >= 0.6 is 12.2 Å². The SMILES string of the molecule is COC(=S)[C@@H](C)c1ccccc1. The van der Waals surface area contributed by atoms with Gasteiger partial charge in [-0.15, -0.1) is 0 Å². The summed E-state index contributed by atoms with van der Waals surface area (Å²) in [7, 11) is 1.61. The fourth-order valence-electron chi connectivity index (χ4n) is 1.05. The van der Waals surface area contributed by atoms with Crippen LogP contribution in [0.15, 0.2) is 30.3 Å². The van der Waals surface area contributed by atoms with Gasteiger partial charge in [0.15, 0.2) is 5.05 Å². The van der Waals surface area contributed by atoms with Crippen molar-refractivity contribution in [3.05, 3.63) is 35.9 Å². The summed E-state index contributed by atoms with van der Waals surface area (Å²) in [5, 5.41) is 0.640. The van der Waals surface area contributed by atoms with E-state index in [1.807, 2.05) is 25.1 Å². The van der Waals surface area contributed by atoms with Crippen LogP contribution in [0.2, 0.25) is 0 Å². The van der Waals surface area contributed by atoms with Gasteiger partial charge in [0.2, 0.25) is 0 Å². The molecule has 0 saturated heterocycles. The summed E-state index contributed by atoms with van der Waals surface area (Å²) in [5.74, 6) is 0.200. The van der Waals surface area contributed by atoms with Gasteiger partial charge in [0.05, 0.1) is 7.11 Å². The van der Waals surface area contributed by atoms with Gasteiger partial charge in [0.25, 0.3) is 0 Å². The predicted octanol–water partition coefficient (Wildman–Crippen LogP) is 2.76. The topological polar surface area (TPSA) is 9.23 Å². The molecule has 0 unspecified atom stereocenters. The molecule has 0 N–H and O–H groups in total. The Morgan fingerprint density at radius 1 is 1.33 bits per heavy atom. The van der Waals surface area contributed by atoms with Gasteiger partial charge < -0.3 is 4.74 Å². The van der Waals surface area contributed by atoms with Crippen LogP contribution < -0.4 is 0 Å². The van der Waals surface area contributed by atoms with Gasteiger partial charge in [-0.1, -0.05) is 37.3 Å². The van der Waals surface area contributed by atoms with E-state index >= 15 is 0 Å². The zero-order valence-corrected chi connectivity index (χ0v) is 8.10. The van der Waals surface area contributed by atoms with Crippen LogP contribution in [0.1, 0.15) is 18.4 Å². The van der Waals surface area contributed by atoms with Crippen LogP contribution in [0.3, 0.4) is 0 Å². The molecular weight excluding hydrogens is 168 g/mol. The Morgan fingerprint density at radius 3 is 2.42 bits per heavy atom. The molecule has 1 aromatic rings. The molecule has 1 atom stereocenters. The molecule has 0 amide bonds. The lowest BCUT2D eigenvalue weighted by atomic mass is 10.0. The zero-order chi connectivity index (χ0) is 8.97. The summed E-state index contributed by atoms with van der Waals surface area (Å²) in [6.07, 6.45) is 0. The Balaban J connectivity index is 2.78. The van der Waals surface area contributed by atoms with E-state index in [0.717, 1.165) is 0 Å². The first-order valence-corrected chi connectivity index (χ1v) is 4.29. The second-order valence-electron chi connectivity index (χ2n) is 2.66. The highest BCUT2D eigenvalue weighted by atomic mass is 32.1. The van der Waals surface area contributed by atoms with Crippen molar-refractivity contribution in [3.8, 4) is 0 Å². The summed E-state index contributed by atoms with van der Waals surface area (Å²) in [6, 6.07) is 10.1. The minimum Gasteiger partial charge on any atom is -0.490 e. The number of hydrogen-bond acceptors (Lipinski definition) is 2. The van der Waals surface area contributed by atoms with Gasteiger partial charge in [0, 0.05) is 5.92 Å². The summed E-state index contributed by atoms with van der Waals surface area (Å²) >= 11 is 5.04. The van der Waals surface area contributed by atoms with Crippen molar-refractivity contribution in [1.29, 1.82) is 0 Å². The van der Waals surface area contributed by atoms with Crippen LogP contribution in [0.4, 0.5) is 0 Å². The van der Waals surface area contributed by atoms with Crippen LogP contribution in [-0.2, 0) is 4.74 Å². The summed E-state index contributed by atoms with van der Waals surface area (Å²) in [6.45, 7) is 2.04. The highest BCUT2D eigenvalue weighted by molar-refractivity contribution is 7.80. The maximum absolute atomic E-state index is 5.04. The van der Waals surface area contributed by atoms with Crippen LogP contribution in [0.25, 0.3) is 0 Å². The quantitative estimate of drug-likeness (QED) is 0.647.